The normalized spacial score (nSPS) is 19.3. The summed E-state index contributed by atoms with van der Waals surface area (Å²) in [5.74, 6) is 0. The molecule has 1 aromatic heterocycles. The predicted octanol–water partition coefficient (Wildman–Crippen LogP) is 2.54. The first-order valence-corrected chi connectivity index (χ1v) is 8.52. The SMILES string of the molecule is CCc1cc(CC(O)C2(N(CC)CC)CCCC2)n(C)n1. The molecule has 0 radical (unpaired) electrons. The van der Waals surface area contributed by atoms with Gasteiger partial charge in [-0.25, -0.2) is 0 Å². The Balaban J connectivity index is 2.18. The van der Waals surface area contributed by atoms with Gasteiger partial charge in [0.25, 0.3) is 0 Å². The Hall–Kier alpha value is -0.870. The first kappa shape index (κ1) is 16.5. The minimum Gasteiger partial charge on any atom is -0.391 e. The third-order valence-electron chi connectivity index (χ3n) is 5.27. The molecule has 21 heavy (non-hydrogen) atoms. The maximum Gasteiger partial charge on any atom is 0.0779 e. The summed E-state index contributed by atoms with van der Waals surface area (Å²) < 4.78 is 1.94. The Morgan fingerprint density at radius 3 is 2.38 bits per heavy atom. The van der Waals surface area contributed by atoms with Crippen molar-refractivity contribution >= 4 is 0 Å². The zero-order chi connectivity index (χ0) is 15.5. The molecule has 2 rings (SSSR count). The molecule has 1 atom stereocenters. The van der Waals surface area contributed by atoms with Crippen LogP contribution in [0.4, 0.5) is 0 Å². The fourth-order valence-corrected chi connectivity index (χ4v) is 4.02. The quantitative estimate of drug-likeness (QED) is 0.840. The van der Waals surface area contributed by atoms with Gasteiger partial charge in [0.15, 0.2) is 0 Å². The molecule has 1 heterocycles. The molecule has 4 nitrogen and oxygen atoms in total. The molecule has 1 saturated carbocycles. The third kappa shape index (κ3) is 3.16. The monoisotopic (exact) mass is 293 g/mol. The van der Waals surface area contributed by atoms with Gasteiger partial charge in [0.05, 0.1) is 11.8 Å². The molecule has 0 bridgehead atoms. The van der Waals surface area contributed by atoms with Gasteiger partial charge >= 0.3 is 0 Å². The topological polar surface area (TPSA) is 41.3 Å². The highest BCUT2D eigenvalue weighted by Crippen LogP contribution is 2.39. The van der Waals surface area contributed by atoms with Crippen molar-refractivity contribution < 1.29 is 5.11 Å². The molecule has 1 N–H and O–H groups in total. The Kier molecular flexibility index (Phi) is 5.44. The van der Waals surface area contributed by atoms with E-state index >= 15 is 0 Å². The molecular formula is C17H31N3O. The van der Waals surface area contributed by atoms with Gasteiger partial charge in [-0.1, -0.05) is 33.6 Å². The van der Waals surface area contributed by atoms with Crippen molar-refractivity contribution in [3.05, 3.63) is 17.5 Å². The fraction of sp³-hybridized carbons (Fsp3) is 0.824. The average Bonchev–Trinajstić information content (AvgIpc) is 3.09. The Morgan fingerprint density at radius 1 is 1.29 bits per heavy atom. The molecule has 120 valence electrons. The number of hydrogen-bond donors (Lipinski definition) is 1. The van der Waals surface area contributed by atoms with Crippen molar-refractivity contribution in [2.24, 2.45) is 7.05 Å². The van der Waals surface area contributed by atoms with E-state index in [0.29, 0.717) is 6.42 Å². The number of hydrogen-bond acceptors (Lipinski definition) is 3. The molecule has 0 aromatic carbocycles. The first-order chi connectivity index (χ1) is 10.1. The van der Waals surface area contributed by atoms with Crippen LogP contribution < -0.4 is 0 Å². The highest BCUT2D eigenvalue weighted by atomic mass is 16.3. The van der Waals surface area contributed by atoms with E-state index in [9.17, 15) is 5.11 Å². The van der Waals surface area contributed by atoms with E-state index in [-0.39, 0.29) is 11.6 Å². The van der Waals surface area contributed by atoms with E-state index in [1.807, 2.05) is 11.7 Å². The number of aromatic nitrogens is 2. The van der Waals surface area contributed by atoms with Crippen molar-refractivity contribution in [3.63, 3.8) is 0 Å². The molecule has 4 heteroatoms. The van der Waals surface area contributed by atoms with Crippen LogP contribution in [0.1, 0.15) is 57.8 Å². The smallest absolute Gasteiger partial charge is 0.0779 e. The van der Waals surface area contributed by atoms with Gasteiger partial charge in [-0.2, -0.15) is 5.10 Å². The highest BCUT2D eigenvalue weighted by Gasteiger charge is 2.44. The Labute approximate surface area is 129 Å². The van der Waals surface area contributed by atoms with Crippen LogP contribution in [0.3, 0.4) is 0 Å². The van der Waals surface area contributed by atoms with E-state index in [0.717, 1.165) is 43.7 Å². The average molecular weight is 293 g/mol. The van der Waals surface area contributed by atoms with Gasteiger partial charge in [0.1, 0.15) is 0 Å². The largest absolute Gasteiger partial charge is 0.391 e. The molecule has 1 aromatic rings. The fourth-order valence-electron chi connectivity index (χ4n) is 4.02. The molecular weight excluding hydrogens is 262 g/mol. The summed E-state index contributed by atoms with van der Waals surface area (Å²) in [6.07, 6.45) is 6.06. The van der Waals surface area contributed by atoms with Gasteiger partial charge in [0.2, 0.25) is 0 Å². The van der Waals surface area contributed by atoms with Crippen molar-refractivity contribution in [1.29, 1.82) is 0 Å². The van der Waals surface area contributed by atoms with E-state index in [1.54, 1.807) is 0 Å². The summed E-state index contributed by atoms with van der Waals surface area (Å²) in [5, 5.41) is 15.5. The standard InChI is InChI=1S/C17H31N3O/c1-5-14-12-15(19(4)18-14)13-16(21)17(10-8-9-11-17)20(6-2)7-3/h12,16,21H,5-11,13H2,1-4H3. The molecule has 0 spiro atoms. The second-order valence-electron chi connectivity index (χ2n) is 6.31. The minimum absolute atomic E-state index is 0.0276. The van der Waals surface area contributed by atoms with Crippen LogP contribution in [0, 0.1) is 0 Å². The predicted molar refractivity (Wildman–Crippen MR) is 86.4 cm³/mol. The van der Waals surface area contributed by atoms with Crippen LogP contribution in [0.2, 0.25) is 0 Å². The van der Waals surface area contributed by atoms with Gasteiger partial charge in [-0.15, -0.1) is 0 Å². The number of rotatable bonds is 7. The van der Waals surface area contributed by atoms with E-state index in [2.05, 4.69) is 36.8 Å². The van der Waals surface area contributed by atoms with Crippen LogP contribution in [0.15, 0.2) is 6.07 Å². The zero-order valence-electron chi connectivity index (χ0n) is 14.1. The van der Waals surface area contributed by atoms with Crippen LogP contribution >= 0.6 is 0 Å². The van der Waals surface area contributed by atoms with Gasteiger partial charge < -0.3 is 5.11 Å². The molecule has 0 aliphatic heterocycles. The summed E-state index contributed by atoms with van der Waals surface area (Å²) in [7, 11) is 1.99. The first-order valence-electron chi connectivity index (χ1n) is 8.52. The molecule has 0 saturated heterocycles. The second kappa shape index (κ2) is 6.93. The van der Waals surface area contributed by atoms with E-state index in [4.69, 9.17) is 0 Å². The number of aliphatic hydroxyl groups excluding tert-OH is 1. The van der Waals surface area contributed by atoms with Gasteiger partial charge in [-0.3, -0.25) is 9.58 Å². The van der Waals surface area contributed by atoms with Gasteiger partial charge in [0, 0.05) is 24.7 Å². The van der Waals surface area contributed by atoms with Crippen LogP contribution in [0.25, 0.3) is 0 Å². The highest BCUT2D eigenvalue weighted by molar-refractivity contribution is 5.13. The van der Waals surface area contributed by atoms with Gasteiger partial charge in [-0.05, 0) is 38.4 Å². The molecule has 0 amide bonds. The van der Waals surface area contributed by atoms with Crippen molar-refractivity contribution in [3.8, 4) is 0 Å². The molecule has 1 aliphatic carbocycles. The van der Waals surface area contributed by atoms with Crippen LogP contribution in [-0.4, -0.2) is 44.5 Å². The maximum absolute atomic E-state index is 11.0. The summed E-state index contributed by atoms with van der Waals surface area (Å²) in [4.78, 5) is 2.47. The zero-order valence-corrected chi connectivity index (χ0v) is 14.1. The number of nitrogens with zero attached hydrogens (tertiary/aromatic N) is 3. The van der Waals surface area contributed by atoms with Crippen molar-refractivity contribution in [2.45, 2.75) is 70.9 Å². The lowest BCUT2D eigenvalue weighted by Gasteiger charge is -2.44. The summed E-state index contributed by atoms with van der Waals surface area (Å²) in [5.41, 5.74) is 2.24. The Bertz CT molecular complexity index is 445. The lowest BCUT2D eigenvalue weighted by Crippen LogP contribution is -2.55. The van der Waals surface area contributed by atoms with Crippen LogP contribution in [-0.2, 0) is 19.9 Å². The lowest BCUT2D eigenvalue weighted by molar-refractivity contribution is -0.0252. The lowest BCUT2D eigenvalue weighted by atomic mass is 9.85. The van der Waals surface area contributed by atoms with Crippen LogP contribution in [0.5, 0.6) is 0 Å². The number of aliphatic hydroxyl groups is 1. The maximum atomic E-state index is 11.0. The van der Waals surface area contributed by atoms with E-state index in [1.165, 1.54) is 12.8 Å². The second-order valence-corrected chi connectivity index (χ2v) is 6.31. The summed E-state index contributed by atoms with van der Waals surface area (Å²) >= 11 is 0. The summed E-state index contributed by atoms with van der Waals surface area (Å²) in [6.45, 7) is 8.56. The molecule has 1 aliphatic rings. The van der Waals surface area contributed by atoms with Crippen molar-refractivity contribution in [1.82, 2.24) is 14.7 Å². The third-order valence-corrected chi connectivity index (χ3v) is 5.27. The molecule has 1 unspecified atom stereocenters. The molecule has 1 fully saturated rings. The van der Waals surface area contributed by atoms with Crippen molar-refractivity contribution in [2.75, 3.05) is 13.1 Å². The number of likely N-dealkylation sites (N-methyl/N-ethyl adjacent to an activating group) is 1. The minimum atomic E-state index is -0.306. The van der Waals surface area contributed by atoms with E-state index < -0.39 is 0 Å². The Morgan fingerprint density at radius 2 is 1.90 bits per heavy atom. The number of aryl methyl sites for hydroxylation is 2. The summed E-state index contributed by atoms with van der Waals surface area (Å²) in [6, 6.07) is 2.15.